The summed E-state index contributed by atoms with van der Waals surface area (Å²) in [6.45, 7) is 1.15. The fourth-order valence-electron chi connectivity index (χ4n) is 1.39. The molecule has 10 heteroatoms. The Kier molecular flexibility index (Phi) is 5.35. The van der Waals surface area contributed by atoms with Gasteiger partial charge in [0.1, 0.15) is 12.0 Å². The summed E-state index contributed by atoms with van der Waals surface area (Å²) in [5, 5.41) is 22.6. The largest absolute Gasteiger partial charge is 0.368 e. The van der Waals surface area contributed by atoms with Crippen LogP contribution in [0.25, 0.3) is 0 Å². The summed E-state index contributed by atoms with van der Waals surface area (Å²) in [7, 11) is 0. The van der Waals surface area contributed by atoms with Crippen LogP contribution in [0.4, 0.5) is 16.6 Å². The third-order valence-electron chi connectivity index (χ3n) is 2.33. The first-order valence-corrected chi connectivity index (χ1v) is 7.22. The van der Waals surface area contributed by atoms with E-state index < -0.39 is 4.92 Å². The van der Waals surface area contributed by atoms with Gasteiger partial charge in [0.05, 0.1) is 4.92 Å². The highest BCUT2D eigenvalue weighted by Gasteiger charge is 2.04. The van der Waals surface area contributed by atoms with Gasteiger partial charge in [0.15, 0.2) is 10.2 Å². The highest BCUT2D eigenvalue weighted by molar-refractivity contribution is 7.80. The second-order valence-electron chi connectivity index (χ2n) is 3.80. The molecule has 110 valence electrons. The predicted molar refractivity (Wildman–Crippen MR) is 85.7 cm³/mol. The number of rotatable bonds is 6. The van der Waals surface area contributed by atoms with Gasteiger partial charge in [-0.2, -0.15) is 0 Å². The molecule has 2 heterocycles. The summed E-state index contributed by atoms with van der Waals surface area (Å²) in [6, 6.07) is 2.96. The van der Waals surface area contributed by atoms with E-state index in [1.165, 1.54) is 23.6 Å². The lowest BCUT2D eigenvalue weighted by atomic mass is 10.4. The van der Waals surface area contributed by atoms with Gasteiger partial charge < -0.3 is 16.0 Å². The van der Waals surface area contributed by atoms with Crippen molar-refractivity contribution in [3.63, 3.8) is 0 Å². The Morgan fingerprint density at radius 2 is 2.24 bits per heavy atom. The van der Waals surface area contributed by atoms with Crippen molar-refractivity contribution in [3.8, 4) is 0 Å². The molecule has 21 heavy (non-hydrogen) atoms. The maximum Gasteiger partial charge on any atom is 0.287 e. The van der Waals surface area contributed by atoms with Crippen LogP contribution in [0.5, 0.6) is 0 Å². The van der Waals surface area contributed by atoms with Gasteiger partial charge in [-0.3, -0.25) is 10.1 Å². The van der Waals surface area contributed by atoms with Gasteiger partial charge in [0, 0.05) is 30.7 Å². The van der Waals surface area contributed by atoms with Crippen molar-refractivity contribution in [1.82, 2.24) is 15.3 Å². The van der Waals surface area contributed by atoms with E-state index in [9.17, 15) is 10.1 Å². The average Bonchev–Trinajstić information content (AvgIpc) is 2.97. The molecule has 0 bridgehead atoms. The molecule has 2 aromatic heterocycles. The number of aromatic nitrogens is 2. The highest BCUT2D eigenvalue weighted by atomic mass is 32.1. The van der Waals surface area contributed by atoms with Gasteiger partial charge in [-0.05, 0) is 18.3 Å². The molecule has 2 aromatic rings. The van der Waals surface area contributed by atoms with Crippen LogP contribution in [0.2, 0.25) is 0 Å². The molecule has 0 aliphatic heterocycles. The normalized spacial score (nSPS) is 9.90. The van der Waals surface area contributed by atoms with E-state index in [1.807, 2.05) is 5.38 Å². The first-order valence-electron chi connectivity index (χ1n) is 5.94. The molecular weight excluding hydrogens is 312 g/mol. The standard InChI is InChI=1S/C11H12N6O2S2/c18-17(19)8-1-2-9(15-7-8)12-3-4-13-10(20)16-11-14-5-6-21-11/h1-2,5-7H,3-4H2,(H,12,15)(H2,13,14,16,20). The van der Waals surface area contributed by atoms with Crippen LogP contribution in [0, 0.1) is 10.1 Å². The monoisotopic (exact) mass is 324 g/mol. The van der Waals surface area contributed by atoms with E-state index in [-0.39, 0.29) is 5.69 Å². The van der Waals surface area contributed by atoms with Crippen molar-refractivity contribution in [2.24, 2.45) is 0 Å². The third kappa shape index (κ3) is 4.93. The smallest absolute Gasteiger partial charge is 0.287 e. The lowest BCUT2D eigenvalue weighted by molar-refractivity contribution is -0.385. The van der Waals surface area contributed by atoms with E-state index in [1.54, 1.807) is 12.3 Å². The van der Waals surface area contributed by atoms with Gasteiger partial charge in [-0.15, -0.1) is 11.3 Å². The minimum absolute atomic E-state index is 0.0347. The summed E-state index contributed by atoms with van der Waals surface area (Å²) in [6.07, 6.45) is 2.90. The summed E-state index contributed by atoms with van der Waals surface area (Å²) in [5.41, 5.74) is -0.0347. The van der Waals surface area contributed by atoms with Crippen molar-refractivity contribution in [1.29, 1.82) is 0 Å². The van der Waals surface area contributed by atoms with Gasteiger partial charge in [-0.1, -0.05) is 0 Å². The molecule has 0 aliphatic carbocycles. The minimum atomic E-state index is -0.485. The van der Waals surface area contributed by atoms with Crippen LogP contribution in [-0.2, 0) is 0 Å². The second kappa shape index (κ2) is 7.45. The maximum absolute atomic E-state index is 10.5. The number of anilines is 2. The summed E-state index contributed by atoms with van der Waals surface area (Å²) in [4.78, 5) is 18.0. The maximum atomic E-state index is 10.5. The van der Waals surface area contributed by atoms with E-state index in [0.29, 0.717) is 24.0 Å². The minimum Gasteiger partial charge on any atom is -0.368 e. The molecule has 0 aliphatic rings. The van der Waals surface area contributed by atoms with Crippen LogP contribution in [0.1, 0.15) is 0 Å². The molecule has 2 rings (SSSR count). The topological polar surface area (TPSA) is 105 Å². The van der Waals surface area contributed by atoms with E-state index in [0.717, 1.165) is 5.13 Å². The Balaban J connectivity index is 1.67. The van der Waals surface area contributed by atoms with Crippen LogP contribution in [-0.4, -0.2) is 33.1 Å². The molecule has 0 saturated carbocycles. The van der Waals surface area contributed by atoms with Crippen LogP contribution < -0.4 is 16.0 Å². The zero-order valence-electron chi connectivity index (χ0n) is 10.8. The van der Waals surface area contributed by atoms with Gasteiger partial charge >= 0.3 is 0 Å². The van der Waals surface area contributed by atoms with Crippen molar-refractivity contribution in [2.45, 2.75) is 0 Å². The Hall–Kier alpha value is -2.33. The summed E-state index contributed by atoms with van der Waals surface area (Å²) >= 11 is 6.56. The number of hydrogen-bond acceptors (Lipinski definition) is 7. The van der Waals surface area contributed by atoms with E-state index >= 15 is 0 Å². The quantitative estimate of drug-likeness (QED) is 0.320. The highest BCUT2D eigenvalue weighted by Crippen LogP contribution is 2.11. The van der Waals surface area contributed by atoms with Crippen LogP contribution >= 0.6 is 23.6 Å². The lowest BCUT2D eigenvalue weighted by Crippen LogP contribution is -2.32. The molecule has 0 radical (unpaired) electrons. The van der Waals surface area contributed by atoms with Crippen LogP contribution in [0.15, 0.2) is 29.9 Å². The van der Waals surface area contributed by atoms with Gasteiger partial charge in [0.25, 0.3) is 5.69 Å². The van der Waals surface area contributed by atoms with E-state index in [2.05, 4.69) is 25.9 Å². The Morgan fingerprint density at radius 3 is 2.86 bits per heavy atom. The molecule has 0 unspecified atom stereocenters. The van der Waals surface area contributed by atoms with Crippen molar-refractivity contribution >= 4 is 45.3 Å². The molecule has 0 spiro atoms. The molecule has 0 aromatic carbocycles. The Morgan fingerprint density at radius 1 is 1.38 bits per heavy atom. The number of hydrogen-bond donors (Lipinski definition) is 3. The lowest BCUT2D eigenvalue weighted by Gasteiger charge is -2.09. The number of thiazole rings is 1. The molecule has 3 N–H and O–H groups in total. The Labute approximate surface area is 129 Å². The Bertz CT molecular complexity index is 602. The molecule has 8 nitrogen and oxygen atoms in total. The van der Waals surface area contributed by atoms with Crippen molar-refractivity contribution < 1.29 is 4.92 Å². The zero-order valence-corrected chi connectivity index (χ0v) is 12.4. The molecule has 0 amide bonds. The fraction of sp³-hybridized carbons (Fsp3) is 0.182. The second-order valence-corrected chi connectivity index (χ2v) is 5.11. The van der Waals surface area contributed by atoms with Crippen LogP contribution in [0.3, 0.4) is 0 Å². The average molecular weight is 324 g/mol. The SMILES string of the molecule is O=[N+]([O-])c1ccc(NCCNC(=S)Nc2nccs2)nc1. The van der Waals surface area contributed by atoms with Crippen molar-refractivity contribution in [2.75, 3.05) is 23.7 Å². The van der Waals surface area contributed by atoms with Gasteiger partial charge in [-0.25, -0.2) is 9.97 Å². The fourth-order valence-corrected chi connectivity index (χ4v) is 2.19. The number of nitrogens with zero attached hydrogens (tertiary/aromatic N) is 3. The predicted octanol–water partition coefficient (Wildman–Crippen LogP) is 1.84. The zero-order chi connectivity index (χ0) is 15.1. The number of pyridine rings is 1. The number of nitrogens with one attached hydrogen (secondary N) is 3. The molecule has 0 saturated heterocycles. The first kappa shape index (κ1) is 15.1. The summed E-state index contributed by atoms with van der Waals surface area (Å²) in [5.74, 6) is 0.571. The number of thiocarbonyl (C=S) groups is 1. The molecule has 0 atom stereocenters. The number of nitro groups is 1. The van der Waals surface area contributed by atoms with Gasteiger partial charge in [0.2, 0.25) is 0 Å². The first-order chi connectivity index (χ1) is 10.1. The molecular formula is C11H12N6O2S2. The van der Waals surface area contributed by atoms with E-state index in [4.69, 9.17) is 12.2 Å². The summed E-state index contributed by atoms with van der Waals surface area (Å²) < 4.78 is 0. The molecule has 0 fully saturated rings. The third-order valence-corrected chi connectivity index (χ3v) is 3.26. The van der Waals surface area contributed by atoms with Crippen molar-refractivity contribution in [3.05, 3.63) is 40.0 Å².